The van der Waals surface area contributed by atoms with E-state index in [1.165, 1.54) is 0 Å². The Morgan fingerprint density at radius 1 is 1.25 bits per heavy atom. The Labute approximate surface area is 82.5 Å². The van der Waals surface area contributed by atoms with Gasteiger partial charge < -0.3 is 4.90 Å². The fraction of sp³-hybridized carbons (Fsp3) is 0.875. The summed E-state index contributed by atoms with van der Waals surface area (Å²) in [5.41, 5.74) is 0. The van der Waals surface area contributed by atoms with Gasteiger partial charge in [-0.15, -0.1) is 0 Å². The molecule has 1 rings (SSSR count). The first-order valence-electron chi connectivity index (χ1n) is 4.28. The first-order chi connectivity index (χ1) is 5.54. The molecule has 0 aromatic carbocycles. The van der Waals surface area contributed by atoms with Gasteiger partial charge in [0, 0.05) is 12.1 Å². The minimum absolute atomic E-state index is 0.220. The Morgan fingerprint density at radius 3 is 2.08 bits per heavy atom. The van der Waals surface area contributed by atoms with Crippen molar-refractivity contribution in [3.8, 4) is 0 Å². The summed E-state index contributed by atoms with van der Waals surface area (Å²) in [6, 6.07) is 0.927. The molecule has 0 fully saturated rings. The molecule has 1 aliphatic rings. The van der Waals surface area contributed by atoms with Crippen molar-refractivity contribution < 1.29 is 0 Å². The van der Waals surface area contributed by atoms with Crippen LogP contribution in [0.4, 0.5) is 0 Å². The normalized spacial score (nSPS) is 23.4. The van der Waals surface area contributed by atoms with Crippen LogP contribution in [0.3, 0.4) is 0 Å². The van der Waals surface area contributed by atoms with Crippen LogP contribution in [0.5, 0.6) is 0 Å². The van der Waals surface area contributed by atoms with Gasteiger partial charge in [0.15, 0.2) is 5.08 Å². The highest BCUT2D eigenvalue weighted by Gasteiger charge is 2.28. The topological polar surface area (TPSA) is 18.8 Å². The zero-order chi connectivity index (χ0) is 9.30. The zero-order valence-electron chi connectivity index (χ0n) is 8.03. The largest absolute Gasteiger partial charge is 0.328 e. The van der Waals surface area contributed by atoms with Crippen LogP contribution in [0.1, 0.15) is 27.7 Å². The van der Waals surface area contributed by atoms with Gasteiger partial charge >= 0.3 is 0 Å². The smallest absolute Gasteiger partial charge is 0.176 e. The fourth-order valence-electron chi connectivity index (χ4n) is 1.12. The van der Waals surface area contributed by atoms with Crippen LogP contribution >= 0.6 is 15.9 Å². The average molecular weight is 234 g/mol. The van der Waals surface area contributed by atoms with Crippen LogP contribution in [-0.4, -0.2) is 33.4 Å². The lowest BCUT2D eigenvalue weighted by atomic mass is 10.3. The summed E-state index contributed by atoms with van der Waals surface area (Å²) >= 11 is 3.60. The van der Waals surface area contributed by atoms with Gasteiger partial charge in [-0.3, -0.25) is 5.01 Å². The molecule has 1 unspecified atom stereocenters. The van der Waals surface area contributed by atoms with E-state index in [0.717, 1.165) is 0 Å². The van der Waals surface area contributed by atoms with E-state index < -0.39 is 0 Å². The lowest BCUT2D eigenvalue weighted by molar-refractivity contribution is 0.156. The second-order valence-corrected chi connectivity index (χ2v) is 4.38. The molecular weight excluding hydrogens is 218 g/mol. The van der Waals surface area contributed by atoms with Crippen molar-refractivity contribution in [2.75, 3.05) is 0 Å². The lowest BCUT2D eigenvalue weighted by Crippen LogP contribution is -2.41. The minimum Gasteiger partial charge on any atom is -0.328 e. The maximum absolute atomic E-state index is 4.31. The van der Waals surface area contributed by atoms with Gasteiger partial charge in [0.2, 0.25) is 0 Å². The van der Waals surface area contributed by atoms with Crippen molar-refractivity contribution >= 4 is 22.3 Å². The number of hydrogen-bond acceptors (Lipinski definition) is 3. The van der Waals surface area contributed by atoms with E-state index in [1.807, 2.05) is 11.3 Å². The molecule has 4 heteroatoms. The molecule has 0 aromatic rings. The third-order valence-electron chi connectivity index (χ3n) is 1.91. The van der Waals surface area contributed by atoms with Gasteiger partial charge in [-0.1, -0.05) is 0 Å². The summed E-state index contributed by atoms with van der Waals surface area (Å²) in [7, 11) is 0. The molecule has 0 aromatic heterocycles. The quantitative estimate of drug-likeness (QED) is 0.537. The van der Waals surface area contributed by atoms with Gasteiger partial charge in [-0.2, -0.15) is 5.10 Å². The maximum atomic E-state index is 4.31. The van der Waals surface area contributed by atoms with E-state index in [9.17, 15) is 0 Å². The van der Waals surface area contributed by atoms with Crippen LogP contribution in [0.25, 0.3) is 0 Å². The molecule has 1 atom stereocenters. The SMILES string of the molecule is CC(C)N1C=NN(C(C)C)C1Br. The van der Waals surface area contributed by atoms with E-state index in [0.29, 0.717) is 12.1 Å². The van der Waals surface area contributed by atoms with E-state index >= 15 is 0 Å². The van der Waals surface area contributed by atoms with Crippen molar-refractivity contribution in [3.63, 3.8) is 0 Å². The number of hydrazone groups is 1. The maximum Gasteiger partial charge on any atom is 0.176 e. The van der Waals surface area contributed by atoms with E-state index in [-0.39, 0.29) is 5.08 Å². The molecule has 0 spiro atoms. The molecule has 1 heterocycles. The minimum atomic E-state index is 0.220. The predicted molar refractivity (Wildman–Crippen MR) is 55.2 cm³/mol. The van der Waals surface area contributed by atoms with Crippen molar-refractivity contribution in [1.82, 2.24) is 9.91 Å². The molecular formula is C8H16BrN3. The first-order valence-corrected chi connectivity index (χ1v) is 5.19. The Morgan fingerprint density at radius 2 is 1.83 bits per heavy atom. The van der Waals surface area contributed by atoms with Gasteiger partial charge in [0.05, 0.1) is 0 Å². The average Bonchev–Trinajstić information content (AvgIpc) is 2.30. The Balaban J connectivity index is 2.62. The summed E-state index contributed by atoms with van der Waals surface area (Å²) < 4.78 is 0. The number of alkyl halides is 1. The molecule has 0 aliphatic carbocycles. The molecule has 0 bridgehead atoms. The van der Waals surface area contributed by atoms with E-state index in [4.69, 9.17) is 0 Å². The van der Waals surface area contributed by atoms with Crippen LogP contribution in [0.15, 0.2) is 5.10 Å². The highest BCUT2D eigenvalue weighted by Crippen LogP contribution is 2.22. The fourth-order valence-corrected chi connectivity index (χ4v) is 2.28. The molecule has 0 saturated carbocycles. The van der Waals surface area contributed by atoms with Crippen molar-refractivity contribution in [1.29, 1.82) is 0 Å². The molecule has 0 N–H and O–H groups in total. The van der Waals surface area contributed by atoms with Crippen molar-refractivity contribution in [3.05, 3.63) is 0 Å². The Bertz CT molecular complexity index is 161. The molecule has 70 valence electrons. The van der Waals surface area contributed by atoms with E-state index in [2.05, 4.69) is 53.6 Å². The van der Waals surface area contributed by atoms with Crippen molar-refractivity contribution in [2.24, 2.45) is 5.10 Å². The number of hydrogen-bond donors (Lipinski definition) is 0. The highest BCUT2D eigenvalue weighted by atomic mass is 79.9. The summed E-state index contributed by atoms with van der Waals surface area (Å²) in [6.07, 6.45) is 1.89. The first kappa shape index (κ1) is 9.84. The molecule has 0 amide bonds. The van der Waals surface area contributed by atoms with Crippen LogP contribution in [0.2, 0.25) is 0 Å². The Kier molecular flexibility index (Phi) is 2.99. The van der Waals surface area contributed by atoms with Gasteiger partial charge in [-0.25, -0.2) is 0 Å². The van der Waals surface area contributed by atoms with Gasteiger partial charge in [0.1, 0.15) is 6.34 Å². The molecule has 0 radical (unpaired) electrons. The summed E-state index contributed by atoms with van der Waals surface area (Å²) in [5, 5.41) is 6.57. The summed E-state index contributed by atoms with van der Waals surface area (Å²) in [5.74, 6) is 0. The third kappa shape index (κ3) is 1.73. The monoisotopic (exact) mass is 233 g/mol. The van der Waals surface area contributed by atoms with E-state index in [1.54, 1.807) is 0 Å². The molecule has 12 heavy (non-hydrogen) atoms. The number of rotatable bonds is 2. The standard InChI is InChI=1S/C8H16BrN3/c1-6(2)11-5-10-12(7(3)4)8(11)9/h5-8H,1-4H3. The van der Waals surface area contributed by atoms with Crippen LogP contribution in [-0.2, 0) is 0 Å². The molecule has 1 aliphatic heterocycles. The second-order valence-electron chi connectivity index (χ2n) is 3.56. The highest BCUT2D eigenvalue weighted by molar-refractivity contribution is 9.09. The zero-order valence-corrected chi connectivity index (χ0v) is 9.62. The molecule has 3 nitrogen and oxygen atoms in total. The number of halogens is 1. The predicted octanol–water partition coefficient (Wildman–Crippen LogP) is 2.04. The lowest BCUT2D eigenvalue weighted by Gasteiger charge is -2.30. The van der Waals surface area contributed by atoms with Gasteiger partial charge in [0.25, 0.3) is 0 Å². The number of nitrogens with zero attached hydrogens (tertiary/aromatic N) is 3. The summed E-state index contributed by atoms with van der Waals surface area (Å²) in [6.45, 7) is 8.58. The molecule has 0 saturated heterocycles. The van der Waals surface area contributed by atoms with Crippen LogP contribution < -0.4 is 0 Å². The third-order valence-corrected chi connectivity index (χ3v) is 2.80. The van der Waals surface area contributed by atoms with Crippen LogP contribution in [0, 0.1) is 0 Å². The Hall–Kier alpha value is -0.250. The van der Waals surface area contributed by atoms with Gasteiger partial charge in [-0.05, 0) is 43.6 Å². The second kappa shape index (κ2) is 3.64. The summed E-state index contributed by atoms with van der Waals surface area (Å²) in [4.78, 5) is 2.18. The van der Waals surface area contributed by atoms with Crippen molar-refractivity contribution in [2.45, 2.75) is 44.9 Å².